The topological polar surface area (TPSA) is 48.5 Å². The quantitative estimate of drug-likeness (QED) is 0.186. The summed E-state index contributed by atoms with van der Waals surface area (Å²) >= 11 is 0. The highest BCUT2D eigenvalue weighted by atomic mass is 15.2. The maximum atomic E-state index is 5.31. The first-order chi connectivity index (χ1) is 26.8. The Hall–Kier alpha value is -7.37. The summed E-state index contributed by atoms with van der Waals surface area (Å²) in [5, 5.41) is 6.93. The summed E-state index contributed by atoms with van der Waals surface area (Å²) in [6.45, 7) is 0. The lowest BCUT2D eigenvalue weighted by atomic mass is 9.94. The van der Waals surface area contributed by atoms with Gasteiger partial charge in [-0.25, -0.2) is 4.98 Å². The lowest BCUT2D eigenvalue weighted by molar-refractivity contribution is 0.954. The molecule has 8 aromatic carbocycles. The summed E-state index contributed by atoms with van der Waals surface area (Å²) in [6, 6.07) is 62.6. The molecule has 5 heteroatoms. The fourth-order valence-electron chi connectivity index (χ4n) is 8.78. The van der Waals surface area contributed by atoms with Crippen molar-refractivity contribution in [3.63, 3.8) is 0 Å². The van der Waals surface area contributed by atoms with E-state index in [1.54, 1.807) is 0 Å². The Balaban J connectivity index is 1.21. The molecule has 4 heterocycles. The van der Waals surface area contributed by atoms with Crippen molar-refractivity contribution < 1.29 is 0 Å². The summed E-state index contributed by atoms with van der Waals surface area (Å²) in [5.41, 5.74) is 12.5. The van der Waals surface area contributed by atoms with E-state index in [4.69, 9.17) is 15.0 Å². The van der Waals surface area contributed by atoms with Gasteiger partial charge >= 0.3 is 0 Å². The number of hydrogen-bond donors (Lipinski definition) is 0. The van der Waals surface area contributed by atoms with Gasteiger partial charge in [-0.3, -0.25) is 4.57 Å². The van der Waals surface area contributed by atoms with Crippen molar-refractivity contribution in [1.82, 2.24) is 24.1 Å². The second kappa shape index (κ2) is 11.1. The van der Waals surface area contributed by atoms with E-state index in [2.05, 4.69) is 167 Å². The minimum Gasteiger partial charge on any atom is -0.308 e. The van der Waals surface area contributed by atoms with Gasteiger partial charge in [0.05, 0.1) is 27.8 Å². The fraction of sp³-hybridized carbons (Fsp3) is 0. The molecule has 0 spiro atoms. The molecular weight excluding hydrogens is 659 g/mol. The largest absolute Gasteiger partial charge is 0.308 e. The molecule has 0 saturated carbocycles. The molecule has 3 aromatic heterocycles. The van der Waals surface area contributed by atoms with E-state index >= 15 is 0 Å². The second-order valence-electron chi connectivity index (χ2n) is 14.0. The van der Waals surface area contributed by atoms with E-state index in [1.807, 2.05) is 18.2 Å². The Labute approximate surface area is 310 Å². The van der Waals surface area contributed by atoms with Crippen LogP contribution < -0.4 is 0 Å². The number of benzene rings is 8. The minimum absolute atomic E-state index is 0.585. The van der Waals surface area contributed by atoms with E-state index in [0.717, 1.165) is 43.7 Å². The molecule has 0 N–H and O–H groups in total. The number of hydrogen-bond acceptors (Lipinski definition) is 3. The number of nitrogens with zero attached hydrogens (tertiary/aromatic N) is 5. The molecule has 1 aliphatic rings. The lowest BCUT2D eigenvalue weighted by Crippen LogP contribution is -2.06. The van der Waals surface area contributed by atoms with Crippen LogP contribution in [0.3, 0.4) is 0 Å². The molecule has 0 saturated heterocycles. The Kier molecular flexibility index (Phi) is 5.99. The van der Waals surface area contributed by atoms with Crippen molar-refractivity contribution in [2.45, 2.75) is 0 Å². The van der Waals surface area contributed by atoms with Crippen molar-refractivity contribution in [3.8, 4) is 56.7 Å². The number of para-hydroxylation sites is 3. The third kappa shape index (κ3) is 4.06. The van der Waals surface area contributed by atoms with Crippen LogP contribution >= 0.6 is 0 Å². The van der Waals surface area contributed by atoms with Crippen LogP contribution in [0.2, 0.25) is 0 Å². The molecule has 11 aromatic rings. The maximum absolute atomic E-state index is 5.31. The van der Waals surface area contributed by atoms with E-state index in [9.17, 15) is 0 Å². The van der Waals surface area contributed by atoms with Gasteiger partial charge in [0.25, 0.3) is 0 Å². The maximum Gasteiger partial charge on any atom is 0.238 e. The highest BCUT2D eigenvalue weighted by Gasteiger charge is 2.26. The standard InChI is InChI=1S/C49H29N5/c1-2-15-31(16-3-1)47-50-48(39-25-12-17-30-14-4-5-18-32(30)39)52-49(51-47)54-43-27-11-9-22-36(43)40-28-44-41(29-45(40)54)38-24-13-23-37-34-20-7-6-19-33(34)35-21-8-10-26-42(35)53(44)46(37)38/h1-29H. The van der Waals surface area contributed by atoms with Crippen LogP contribution in [-0.4, -0.2) is 24.1 Å². The van der Waals surface area contributed by atoms with Gasteiger partial charge in [0.15, 0.2) is 11.6 Å². The molecule has 5 nitrogen and oxygen atoms in total. The summed E-state index contributed by atoms with van der Waals surface area (Å²) < 4.78 is 4.71. The number of rotatable bonds is 3. The van der Waals surface area contributed by atoms with E-state index in [1.165, 1.54) is 49.7 Å². The molecular formula is C49H29N5. The SMILES string of the molecule is c1ccc(-c2nc(-c3cccc4ccccc34)nc(-n3c4ccccc4c4cc5c(cc43)c3cccc4c3n5-c3ccccc3-c3ccccc3-4)n2)cc1. The molecule has 0 fully saturated rings. The van der Waals surface area contributed by atoms with E-state index < -0.39 is 0 Å². The van der Waals surface area contributed by atoms with Crippen molar-refractivity contribution in [1.29, 1.82) is 0 Å². The molecule has 250 valence electrons. The average molecular weight is 688 g/mol. The van der Waals surface area contributed by atoms with Crippen LogP contribution in [-0.2, 0) is 0 Å². The average Bonchev–Trinajstić information content (AvgIpc) is 3.70. The van der Waals surface area contributed by atoms with Gasteiger partial charge < -0.3 is 4.57 Å². The van der Waals surface area contributed by atoms with Gasteiger partial charge in [0.1, 0.15) is 0 Å². The molecule has 0 radical (unpaired) electrons. The smallest absolute Gasteiger partial charge is 0.238 e. The summed E-state index contributed by atoms with van der Waals surface area (Å²) in [7, 11) is 0. The molecule has 0 amide bonds. The molecule has 0 aliphatic carbocycles. The van der Waals surface area contributed by atoms with Gasteiger partial charge in [-0.1, -0.05) is 152 Å². The highest BCUT2D eigenvalue weighted by molar-refractivity contribution is 6.22. The molecule has 0 unspecified atom stereocenters. The van der Waals surface area contributed by atoms with Crippen LogP contribution in [0, 0.1) is 0 Å². The summed E-state index contributed by atoms with van der Waals surface area (Å²) in [6.07, 6.45) is 0. The van der Waals surface area contributed by atoms with E-state index in [0.29, 0.717) is 17.6 Å². The second-order valence-corrected chi connectivity index (χ2v) is 14.0. The van der Waals surface area contributed by atoms with Gasteiger partial charge in [-0.05, 0) is 46.2 Å². The fourth-order valence-corrected chi connectivity index (χ4v) is 8.78. The van der Waals surface area contributed by atoms with Crippen molar-refractivity contribution in [2.24, 2.45) is 0 Å². The van der Waals surface area contributed by atoms with Gasteiger partial charge in [-0.2, -0.15) is 9.97 Å². The van der Waals surface area contributed by atoms with Gasteiger partial charge in [-0.15, -0.1) is 0 Å². The Morgan fingerprint density at radius 1 is 0.333 bits per heavy atom. The summed E-state index contributed by atoms with van der Waals surface area (Å²) in [4.78, 5) is 15.7. The Bertz CT molecular complexity index is 3330. The number of fused-ring (bicyclic) bond motifs is 12. The zero-order valence-corrected chi connectivity index (χ0v) is 29.0. The van der Waals surface area contributed by atoms with Crippen LogP contribution in [0.4, 0.5) is 0 Å². The van der Waals surface area contributed by atoms with Gasteiger partial charge in [0.2, 0.25) is 5.95 Å². The van der Waals surface area contributed by atoms with Crippen molar-refractivity contribution in [2.75, 3.05) is 0 Å². The van der Waals surface area contributed by atoms with Crippen LogP contribution in [0.15, 0.2) is 176 Å². The highest BCUT2D eigenvalue weighted by Crippen LogP contribution is 2.48. The van der Waals surface area contributed by atoms with Crippen LogP contribution in [0.1, 0.15) is 0 Å². The third-order valence-corrected chi connectivity index (χ3v) is 11.1. The van der Waals surface area contributed by atoms with Gasteiger partial charge in [0, 0.05) is 43.8 Å². The first kappa shape index (κ1) is 29.2. The van der Waals surface area contributed by atoms with Crippen LogP contribution in [0.25, 0.3) is 111 Å². The Morgan fingerprint density at radius 3 is 1.78 bits per heavy atom. The zero-order chi connectivity index (χ0) is 35.3. The monoisotopic (exact) mass is 687 g/mol. The first-order valence-electron chi connectivity index (χ1n) is 18.3. The predicted octanol–water partition coefficient (Wildman–Crippen LogP) is 12.2. The molecule has 54 heavy (non-hydrogen) atoms. The van der Waals surface area contributed by atoms with Crippen molar-refractivity contribution >= 4 is 54.4 Å². The molecule has 0 atom stereocenters. The van der Waals surface area contributed by atoms with Crippen molar-refractivity contribution in [3.05, 3.63) is 176 Å². The molecule has 1 aliphatic heterocycles. The predicted molar refractivity (Wildman–Crippen MR) is 221 cm³/mol. The van der Waals surface area contributed by atoms with Crippen LogP contribution in [0.5, 0.6) is 0 Å². The number of aromatic nitrogens is 5. The molecule has 0 bridgehead atoms. The zero-order valence-electron chi connectivity index (χ0n) is 29.0. The summed E-state index contributed by atoms with van der Waals surface area (Å²) in [5.74, 6) is 1.86. The molecule has 12 rings (SSSR count). The minimum atomic E-state index is 0.585. The lowest BCUT2D eigenvalue weighted by Gasteiger charge is -2.13. The van der Waals surface area contributed by atoms with E-state index in [-0.39, 0.29) is 0 Å². The normalized spacial score (nSPS) is 12.1. The first-order valence-corrected chi connectivity index (χ1v) is 18.3. The third-order valence-electron chi connectivity index (χ3n) is 11.1. The Morgan fingerprint density at radius 2 is 0.907 bits per heavy atom.